The van der Waals surface area contributed by atoms with E-state index in [0.29, 0.717) is 11.9 Å². The molecule has 0 spiro atoms. The first kappa shape index (κ1) is 16.0. The maximum atomic E-state index is 12.6. The van der Waals surface area contributed by atoms with Gasteiger partial charge in [0.25, 0.3) is 0 Å². The zero-order valence-corrected chi connectivity index (χ0v) is 13.3. The van der Waals surface area contributed by atoms with Crippen molar-refractivity contribution in [2.75, 3.05) is 6.61 Å². The summed E-state index contributed by atoms with van der Waals surface area (Å²) in [5.74, 6) is -0.262. The van der Waals surface area contributed by atoms with Crippen molar-refractivity contribution in [3.05, 3.63) is 88.2 Å². The van der Waals surface area contributed by atoms with Crippen LogP contribution in [0.2, 0.25) is 0 Å². The number of fused-ring (bicyclic) bond motifs is 1. The Morgan fingerprint density at radius 1 is 1.08 bits per heavy atom. The van der Waals surface area contributed by atoms with Gasteiger partial charge >= 0.3 is 0 Å². The molecule has 24 heavy (non-hydrogen) atoms. The topological polar surface area (TPSA) is 62.5 Å². The van der Waals surface area contributed by atoms with Crippen LogP contribution in [0.25, 0.3) is 16.7 Å². The lowest BCUT2D eigenvalue weighted by molar-refractivity contribution is 0.277. The third-order valence-electron chi connectivity index (χ3n) is 4.05. The van der Waals surface area contributed by atoms with Crippen molar-refractivity contribution in [1.82, 2.24) is 4.57 Å². The number of hydrogen-bond acceptors (Lipinski definition) is 3. The summed E-state index contributed by atoms with van der Waals surface area (Å²) in [5.41, 5.74) is 2.82. The number of aliphatic hydroxyl groups is 2. The molecule has 0 aliphatic heterocycles. The third-order valence-corrected chi connectivity index (χ3v) is 4.05. The van der Waals surface area contributed by atoms with Gasteiger partial charge in [-0.25, -0.2) is 0 Å². The van der Waals surface area contributed by atoms with E-state index >= 15 is 0 Å². The molecule has 0 saturated heterocycles. The van der Waals surface area contributed by atoms with Crippen LogP contribution >= 0.6 is 0 Å². The number of aromatic nitrogens is 1. The fourth-order valence-electron chi connectivity index (χ4n) is 2.88. The Bertz CT molecular complexity index is 942. The second-order valence-corrected chi connectivity index (χ2v) is 5.75. The van der Waals surface area contributed by atoms with Crippen LogP contribution in [0.5, 0.6) is 0 Å². The number of benzene rings is 2. The molecule has 0 atom stereocenters. The zero-order chi connectivity index (χ0) is 17.1. The highest BCUT2D eigenvalue weighted by atomic mass is 16.3. The van der Waals surface area contributed by atoms with E-state index < -0.39 is 0 Å². The molecular formula is C20H19NO3. The molecule has 2 N–H and O–H groups in total. The molecule has 0 saturated carbocycles. The molecule has 0 unspecified atom stereocenters. The Morgan fingerprint density at radius 2 is 1.83 bits per heavy atom. The Labute approximate surface area is 139 Å². The smallest absolute Gasteiger partial charge is 0.200 e. The molecule has 0 aliphatic rings. The largest absolute Gasteiger partial charge is 0.508 e. The molecule has 1 aromatic heterocycles. The van der Waals surface area contributed by atoms with Gasteiger partial charge in [0.2, 0.25) is 0 Å². The van der Waals surface area contributed by atoms with E-state index in [4.69, 9.17) is 0 Å². The minimum atomic E-state index is -0.262. The van der Waals surface area contributed by atoms with Crippen LogP contribution < -0.4 is 5.43 Å². The first-order valence-electron chi connectivity index (χ1n) is 7.79. The second-order valence-electron chi connectivity index (χ2n) is 5.75. The quantitative estimate of drug-likeness (QED) is 0.710. The van der Waals surface area contributed by atoms with Gasteiger partial charge in [-0.1, -0.05) is 43.0 Å². The van der Waals surface area contributed by atoms with Gasteiger partial charge in [0.05, 0.1) is 17.7 Å². The van der Waals surface area contributed by atoms with Crippen LogP contribution in [0.1, 0.15) is 16.7 Å². The van der Waals surface area contributed by atoms with Crippen LogP contribution in [0.15, 0.2) is 66.1 Å². The fraction of sp³-hybridized carbons (Fsp3) is 0.150. The van der Waals surface area contributed by atoms with Crippen LogP contribution in [0.4, 0.5) is 0 Å². The zero-order valence-electron chi connectivity index (χ0n) is 13.3. The Balaban J connectivity index is 2.15. The van der Waals surface area contributed by atoms with Gasteiger partial charge in [0.15, 0.2) is 5.43 Å². The van der Waals surface area contributed by atoms with Crippen molar-refractivity contribution in [3.63, 3.8) is 0 Å². The summed E-state index contributed by atoms with van der Waals surface area (Å²) in [6.45, 7) is 3.75. The second kappa shape index (κ2) is 6.72. The highest BCUT2D eigenvalue weighted by molar-refractivity contribution is 5.82. The third kappa shape index (κ3) is 3.09. The fourth-order valence-corrected chi connectivity index (χ4v) is 2.88. The predicted molar refractivity (Wildman–Crippen MR) is 96.2 cm³/mol. The van der Waals surface area contributed by atoms with E-state index in [9.17, 15) is 15.0 Å². The number of rotatable bonds is 5. The van der Waals surface area contributed by atoms with E-state index in [0.717, 1.165) is 23.1 Å². The summed E-state index contributed by atoms with van der Waals surface area (Å²) in [7, 11) is 0. The summed E-state index contributed by atoms with van der Waals surface area (Å²) >= 11 is 0. The van der Waals surface area contributed by atoms with Crippen molar-refractivity contribution in [2.45, 2.75) is 13.0 Å². The van der Waals surface area contributed by atoms with Crippen molar-refractivity contribution in [3.8, 4) is 0 Å². The first-order valence-corrected chi connectivity index (χ1v) is 7.79. The Morgan fingerprint density at radius 3 is 2.50 bits per heavy atom. The van der Waals surface area contributed by atoms with Gasteiger partial charge < -0.3 is 14.8 Å². The number of pyridine rings is 1. The maximum Gasteiger partial charge on any atom is 0.200 e. The highest BCUT2D eigenvalue weighted by Gasteiger charge is 2.12. The van der Waals surface area contributed by atoms with Crippen LogP contribution in [0.3, 0.4) is 0 Å². The molecule has 0 fully saturated rings. The van der Waals surface area contributed by atoms with Gasteiger partial charge in [0, 0.05) is 18.1 Å². The summed E-state index contributed by atoms with van der Waals surface area (Å²) in [5, 5.41) is 19.5. The van der Waals surface area contributed by atoms with Crippen molar-refractivity contribution >= 4 is 16.7 Å². The Hall–Kier alpha value is -2.85. The lowest BCUT2D eigenvalue weighted by Crippen LogP contribution is -2.15. The molecule has 3 rings (SSSR count). The lowest BCUT2D eigenvalue weighted by atomic mass is 10.0. The van der Waals surface area contributed by atoms with E-state index in [-0.39, 0.29) is 23.4 Å². The van der Waals surface area contributed by atoms with Gasteiger partial charge in [0.1, 0.15) is 5.76 Å². The first-order chi connectivity index (χ1) is 11.6. The predicted octanol–water partition coefficient (Wildman–Crippen LogP) is 3.11. The van der Waals surface area contributed by atoms with Crippen LogP contribution in [-0.4, -0.2) is 21.4 Å². The molecule has 1 heterocycles. The van der Waals surface area contributed by atoms with Crippen LogP contribution in [0, 0.1) is 0 Å². The molecule has 3 aromatic rings. The van der Waals surface area contributed by atoms with Gasteiger partial charge in [-0.15, -0.1) is 0 Å². The van der Waals surface area contributed by atoms with E-state index in [2.05, 4.69) is 6.58 Å². The van der Waals surface area contributed by atoms with Gasteiger partial charge in [-0.2, -0.15) is 0 Å². The normalized spacial score (nSPS) is 10.9. The molecule has 0 amide bonds. The summed E-state index contributed by atoms with van der Waals surface area (Å²) in [4.78, 5) is 12.6. The summed E-state index contributed by atoms with van der Waals surface area (Å²) in [6.07, 6.45) is 2.26. The minimum absolute atomic E-state index is 0.0545. The summed E-state index contributed by atoms with van der Waals surface area (Å²) in [6, 6.07) is 15.7. The maximum absolute atomic E-state index is 12.6. The highest BCUT2D eigenvalue weighted by Crippen LogP contribution is 2.18. The monoisotopic (exact) mass is 321 g/mol. The van der Waals surface area contributed by atoms with Gasteiger partial charge in [-0.3, -0.25) is 4.79 Å². The lowest BCUT2D eigenvalue weighted by Gasteiger charge is -2.13. The van der Waals surface area contributed by atoms with E-state index in [1.165, 1.54) is 0 Å². The molecule has 2 aromatic carbocycles. The number of aliphatic hydroxyl groups excluding tert-OH is 2. The molecule has 4 nitrogen and oxygen atoms in total. The average molecular weight is 321 g/mol. The summed E-state index contributed by atoms with van der Waals surface area (Å²) < 4.78 is 1.76. The standard InChI is InChI=1S/C20H19NO3/c1-14(23)18-13-21(9-10-22)19-8-7-16(12-17(19)20(18)24)11-15-5-3-2-4-6-15/h2-8,12-13,22-23H,1,9-11H2. The average Bonchev–Trinajstić information content (AvgIpc) is 2.58. The number of hydrogen-bond donors (Lipinski definition) is 2. The molecule has 4 heteroatoms. The SMILES string of the molecule is C=C(O)c1cn(CCO)c2ccc(Cc3ccccc3)cc2c1=O. The van der Waals surface area contributed by atoms with E-state index in [1.54, 1.807) is 10.8 Å². The van der Waals surface area contributed by atoms with Gasteiger partial charge in [-0.05, 0) is 29.7 Å². The molecule has 0 bridgehead atoms. The Kier molecular flexibility index (Phi) is 4.49. The van der Waals surface area contributed by atoms with E-state index in [1.807, 2.05) is 48.5 Å². The van der Waals surface area contributed by atoms with Crippen molar-refractivity contribution in [2.24, 2.45) is 0 Å². The molecule has 0 aliphatic carbocycles. The minimum Gasteiger partial charge on any atom is -0.508 e. The molecule has 122 valence electrons. The number of nitrogens with zero attached hydrogens (tertiary/aromatic N) is 1. The van der Waals surface area contributed by atoms with Crippen LogP contribution in [-0.2, 0) is 13.0 Å². The van der Waals surface area contributed by atoms with Crippen molar-refractivity contribution in [1.29, 1.82) is 0 Å². The molecular weight excluding hydrogens is 302 g/mol. The molecule has 0 radical (unpaired) electrons. The van der Waals surface area contributed by atoms with Crippen molar-refractivity contribution < 1.29 is 10.2 Å².